The number of hydrogen-bond donors (Lipinski definition) is 2. The molecule has 0 fully saturated rings. The van der Waals surface area contributed by atoms with Gasteiger partial charge in [-0.1, -0.05) is 13.5 Å². The molecule has 0 bridgehead atoms. The standard InChI is InChI=1S/C20H33N3O10/c1-4-22(11-18(26)27)9-17(10-23(12-30-14-24)13-31-15-25)5-7-33-20(29)21-6-8-32-19(28)16(2)3/h14-15,17H,2,4-13H2,1,3H3,(H,21,29)(H,26,27). The van der Waals surface area contributed by atoms with Crippen LogP contribution >= 0.6 is 0 Å². The minimum atomic E-state index is -0.982. The molecule has 0 aromatic heterocycles. The Morgan fingerprint density at radius 3 is 2.15 bits per heavy atom. The first-order valence-corrected chi connectivity index (χ1v) is 10.2. The molecule has 1 amide bonds. The molecule has 0 spiro atoms. The highest BCUT2D eigenvalue weighted by Gasteiger charge is 2.20. The SMILES string of the molecule is C=C(C)C(=O)OCCNC(=O)OCCC(CN(COC=O)COC=O)CN(CC)CC(=O)O. The summed E-state index contributed by atoms with van der Waals surface area (Å²) >= 11 is 0. The van der Waals surface area contributed by atoms with E-state index in [0.717, 1.165) is 0 Å². The van der Waals surface area contributed by atoms with Crippen LogP contribution in [0.25, 0.3) is 0 Å². The highest BCUT2D eigenvalue weighted by Crippen LogP contribution is 2.10. The third-order valence-electron chi connectivity index (χ3n) is 4.20. The van der Waals surface area contributed by atoms with Crippen molar-refractivity contribution in [3.05, 3.63) is 12.2 Å². The van der Waals surface area contributed by atoms with Crippen molar-refractivity contribution in [1.29, 1.82) is 0 Å². The molecule has 0 saturated carbocycles. The minimum Gasteiger partial charge on any atom is -0.480 e. The molecule has 0 radical (unpaired) electrons. The van der Waals surface area contributed by atoms with Crippen molar-refractivity contribution >= 4 is 31.0 Å². The normalized spacial score (nSPS) is 11.4. The van der Waals surface area contributed by atoms with Crippen LogP contribution < -0.4 is 5.32 Å². The highest BCUT2D eigenvalue weighted by atomic mass is 16.6. The van der Waals surface area contributed by atoms with Crippen molar-refractivity contribution in [2.24, 2.45) is 5.92 Å². The Morgan fingerprint density at radius 1 is 1.03 bits per heavy atom. The summed E-state index contributed by atoms with van der Waals surface area (Å²) < 4.78 is 19.4. The molecule has 1 atom stereocenters. The zero-order chi connectivity index (χ0) is 25.1. The number of hydrogen-bond acceptors (Lipinski definition) is 11. The molecule has 0 aliphatic rings. The monoisotopic (exact) mass is 475 g/mol. The van der Waals surface area contributed by atoms with Gasteiger partial charge in [-0.2, -0.15) is 0 Å². The first kappa shape index (κ1) is 29.8. The van der Waals surface area contributed by atoms with E-state index >= 15 is 0 Å². The number of likely N-dealkylation sites (N-methyl/N-ethyl adjacent to an activating group) is 1. The Bertz CT molecular complexity index is 632. The van der Waals surface area contributed by atoms with Crippen molar-refractivity contribution in [1.82, 2.24) is 15.1 Å². The average molecular weight is 475 g/mol. The van der Waals surface area contributed by atoms with Crippen LogP contribution in [-0.2, 0) is 38.1 Å². The van der Waals surface area contributed by atoms with Crippen molar-refractivity contribution in [3.63, 3.8) is 0 Å². The number of ether oxygens (including phenoxy) is 4. The van der Waals surface area contributed by atoms with Gasteiger partial charge in [0.1, 0.15) is 20.1 Å². The number of carbonyl (C=O) groups excluding carboxylic acids is 4. The van der Waals surface area contributed by atoms with E-state index in [2.05, 4.69) is 11.9 Å². The third-order valence-corrected chi connectivity index (χ3v) is 4.20. The smallest absolute Gasteiger partial charge is 0.407 e. The molecule has 13 nitrogen and oxygen atoms in total. The maximum atomic E-state index is 11.8. The van der Waals surface area contributed by atoms with Crippen LogP contribution in [-0.4, -0.2) is 105 Å². The maximum Gasteiger partial charge on any atom is 0.407 e. The second-order valence-corrected chi connectivity index (χ2v) is 6.99. The lowest BCUT2D eigenvalue weighted by Crippen LogP contribution is -2.41. The number of amides is 1. The summed E-state index contributed by atoms with van der Waals surface area (Å²) in [6.45, 7) is 7.98. The van der Waals surface area contributed by atoms with Crippen LogP contribution in [0.5, 0.6) is 0 Å². The van der Waals surface area contributed by atoms with E-state index in [9.17, 15) is 24.0 Å². The summed E-state index contributed by atoms with van der Waals surface area (Å²) in [7, 11) is 0. The second-order valence-electron chi connectivity index (χ2n) is 6.99. The predicted molar refractivity (Wildman–Crippen MR) is 114 cm³/mol. The van der Waals surface area contributed by atoms with Gasteiger partial charge in [0, 0.05) is 18.7 Å². The zero-order valence-corrected chi connectivity index (χ0v) is 19.0. The van der Waals surface area contributed by atoms with Gasteiger partial charge in [-0.05, 0) is 25.8 Å². The molecular formula is C20H33N3O10. The number of rotatable bonds is 20. The van der Waals surface area contributed by atoms with Gasteiger partial charge in [0.25, 0.3) is 12.9 Å². The van der Waals surface area contributed by atoms with Gasteiger partial charge >= 0.3 is 18.0 Å². The highest BCUT2D eigenvalue weighted by molar-refractivity contribution is 5.86. The summed E-state index contributed by atoms with van der Waals surface area (Å²) in [5.41, 5.74) is 0.249. The molecule has 0 aromatic carbocycles. The molecule has 2 N–H and O–H groups in total. The summed E-state index contributed by atoms with van der Waals surface area (Å²) in [4.78, 5) is 58.4. The third kappa shape index (κ3) is 16.1. The van der Waals surface area contributed by atoms with Gasteiger partial charge in [-0.3, -0.25) is 19.3 Å². The summed E-state index contributed by atoms with van der Waals surface area (Å²) in [5, 5.41) is 11.5. The predicted octanol–water partition coefficient (Wildman–Crippen LogP) is -0.192. The number of aliphatic carboxylic acids is 1. The number of carbonyl (C=O) groups is 5. The van der Waals surface area contributed by atoms with Crippen molar-refractivity contribution in [2.75, 3.05) is 59.4 Å². The van der Waals surface area contributed by atoms with Crippen molar-refractivity contribution in [3.8, 4) is 0 Å². The lowest BCUT2D eigenvalue weighted by molar-refractivity contribution is -0.143. The molecule has 0 heterocycles. The fraction of sp³-hybridized carbons (Fsp3) is 0.650. The van der Waals surface area contributed by atoms with Gasteiger partial charge in [0.05, 0.1) is 19.7 Å². The molecule has 1 unspecified atom stereocenters. The minimum absolute atomic E-state index is 0.0175. The van der Waals surface area contributed by atoms with E-state index < -0.39 is 18.0 Å². The van der Waals surface area contributed by atoms with Gasteiger partial charge in [0.2, 0.25) is 0 Å². The molecule has 188 valence electrons. The van der Waals surface area contributed by atoms with Crippen LogP contribution in [0.2, 0.25) is 0 Å². The fourth-order valence-electron chi connectivity index (χ4n) is 2.67. The first-order chi connectivity index (χ1) is 15.7. The topological polar surface area (TPSA) is 161 Å². The van der Waals surface area contributed by atoms with Gasteiger partial charge in [0.15, 0.2) is 0 Å². The van der Waals surface area contributed by atoms with Gasteiger partial charge < -0.3 is 29.4 Å². The summed E-state index contributed by atoms with van der Waals surface area (Å²) in [5.74, 6) is -1.75. The van der Waals surface area contributed by atoms with E-state index in [0.29, 0.717) is 19.5 Å². The lowest BCUT2D eigenvalue weighted by atomic mass is 10.0. The van der Waals surface area contributed by atoms with Crippen LogP contribution in [0.3, 0.4) is 0 Å². The molecule has 0 aromatic rings. The quantitative estimate of drug-likeness (QED) is 0.0597. The molecule has 0 aliphatic carbocycles. The van der Waals surface area contributed by atoms with Crippen LogP contribution in [0.15, 0.2) is 12.2 Å². The van der Waals surface area contributed by atoms with Gasteiger partial charge in [-0.25, -0.2) is 14.5 Å². The Morgan fingerprint density at radius 2 is 1.64 bits per heavy atom. The molecule has 33 heavy (non-hydrogen) atoms. The number of nitrogens with zero attached hydrogens (tertiary/aromatic N) is 2. The fourth-order valence-corrected chi connectivity index (χ4v) is 2.67. The van der Waals surface area contributed by atoms with Crippen molar-refractivity contribution in [2.45, 2.75) is 20.3 Å². The number of alkyl carbamates (subject to hydrolysis) is 1. The van der Waals surface area contributed by atoms with E-state index in [1.807, 2.05) is 6.92 Å². The Hall–Kier alpha value is -3.19. The number of carboxylic acids is 1. The van der Waals surface area contributed by atoms with Crippen molar-refractivity contribution < 1.29 is 48.0 Å². The average Bonchev–Trinajstić information content (AvgIpc) is 2.77. The second kappa shape index (κ2) is 18.4. The Labute approximate surface area is 192 Å². The summed E-state index contributed by atoms with van der Waals surface area (Å²) in [6, 6.07) is 0. The Kier molecular flexibility index (Phi) is 16.6. The van der Waals surface area contributed by atoms with E-state index in [4.69, 9.17) is 24.1 Å². The molecule has 0 aliphatic heterocycles. The van der Waals surface area contributed by atoms with Crippen LogP contribution in [0, 0.1) is 5.92 Å². The van der Waals surface area contributed by atoms with E-state index in [1.54, 1.807) is 4.90 Å². The largest absolute Gasteiger partial charge is 0.480 e. The van der Waals surface area contributed by atoms with Crippen LogP contribution in [0.4, 0.5) is 4.79 Å². The van der Waals surface area contributed by atoms with E-state index in [-0.39, 0.29) is 70.7 Å². The zero-order valence-electron chi connectivity index (χ0n) is 19.0. The molecule has 0 rings (SSSR count). The van der Waals surface area contributed by atoms with Gasteiger partial charge in [-0.15, -0.1) is 0 Å². The Balaban J connectivity index is 4.75. The number of esters is 1. The molecule has 13 heteroatoms. The summed E-state index contributed by atoms with van der Waals surface area (Å²) in [6.07, 6.45) is -0.351. The van der Waals surface area contributed by atoms with E-state index in [1.165, 1.54) is 11.8 Å². The molecular weight excluding hydrogens is 442 g/mol. The maximum absolute atomic E-state index is 11.8. The number of carboxylic acid groups (broad SMARTS) is 1. The first-order valence-electron chi connectivity index (χ1n) is 10.2. The van der Waals surface area contributed by atoms with Crippen LogP contribution in [0.1, 0.15) is 20.3 Å². The lowest BCUT2D eigenvalue weighted by Gasteiger charge is -2.29. The molecule has 0 saturated heterocycles. The number of nitrogens with one attached hydrogen (secondary N) is 1.